The van der Waals surface area contributed by atoms with E-state index in [4.69, 9.17) is 16.3 Å². The van der Waals surface area contributed by atoms with E-state index >= 15 is 0 Å². The second-order valence-electron chi connectivity index (χ2n) is 6.50. The molecule has 7 nitrogen and oxygen atoms in total. The number of carbonyl (C=O) groups excluding carboxylic acids is 3. The Hall–Kier alpha value is -1.93. The fourth-order valence-corrected chi connectivity index (χ4v) is 4.84. The summed E-state index contributed by atoms with van der Waals surface area (Å²) in [5.41, 5.74) is 5.53. The van der Waals surface area contributed by atoms with E-state index in [1.807, 2.05) is 13.8 Å². The number of hydrazine groups is 1. The standard InChI is InChI=1S/C17H20ClN3O4S/c1-10-7-11(18)3-4-13(10)25-8-14(22)19-20-16(24)12-9-26-17(2)6-5-15(23)21(12)17/h3-4,7,12H,5-6,8-9H2,1-2H3,(H,19,22)(H,20,24)/t12-,17-/m1/s1. The van der Waals surface area contributed by atoms with Crippen LogP contribution in [0.2, 0.25) is 5.02 Å². The molecule has 1 aromatic rings. The van der Waals surface area contributed by atoms with Crippen LogP contribution in [0.5, 0.6) is 5.75 Å². The molecule has 3 amide bonds. The number of hydrogen-bond acceptors (Lipinski definition) is 5. The van der Waals surface area contributed by atoms with Crippen LogP contribution < -0.4 is 15.6 Å². The van der Waals surface area contributed by atoms with Gasteiger partial charge in [0.25, 0.3) is 11.8 Å². The van der Waals surface area contributed by atoms with Gasteiger partial charge >= 0.3 is 0 Å². The molecule has 1 aromatic carbocycles. The van der Waals surface area contributed by atoms with Crippen molar-refractivity contribution in [1.29, 1.82) is 0 Å². The Bertz CT molecular complexity index is 760. The lowest BCUT2D eigenvalue weighted by Crippen LogP contribution is -2.54. The van der Waals surface area contributed by atoms with Crippen molar-refractivity contribution >= 4 is 41.1 Å². The summed E-state index contributed by atoms with van der Waals surface area (Å²) in [6.45, 7) is 3.54. The second-order valence-corrected chi connectivity index (χ2v) is 8.44. The summed E-state index contributed by atoms with van der Waals surface area (Å²) in [5, 5.41) is 0.587. The lowest BCUT2D eigenvalue weighted by atomic mass is 10.2. The third-order valence-corrected chi connectivity index (χ3v) is 6.31. The average molecular weight is 398 g/mol. The molecule has 2 atom stereocenters. The minimum Gasteiger partial charge on any atom is -0.483 e. The molecule has 0 unspecified atom stereocenters. The van der Waals surface area contributed by atoms with Gasteiger partial charge in [-0.2, -0.15) is 0 Å². The molecule has 2 saturated heterocycles. The Morgan fingerprint density at radius 2 is 2.19 bits per heavy atom. The molecule has 2 fully saturated rings. The van der Waals surface area contributed by atoms with E-state index in [9.17, 15) is 14.4 Å². The number of amides is 3. The fraction of sp³-hybridized carbons (Fsp3) is 0.471. The highest BCUT2D eigenvalue weighted by molar-refractivity contribution is 8.01. The normalized spacial score (nSPS) is 24.3. The highest BCUT2D eigenvalue weighted by Gasteiger charge is 2.52. The molecule has 2 heterocycles. The van der Waals surface area contributed by atoms with Gasteiger partial charge in [-0.05, 0) is 44.0 Å². The third kappa shape index (κ3) is 3.76. The monoisotopic (exact) mass is 397 g/mol. The topological polar surface area (TPSA) is 87.7 Å². The van der Waals surface area contributed by atoms with Crippen LogP contribution in [0, 0.1) is 6.92 Å². The number of nitrogens with one attached hydrogen (secondary N) is 2. The van der Waals surface area contributed by atoms with Crippen molar-refractivity contribution in [1.82, 2.24) is 15.8 Å². The Kier molecular flexibility index (Phi) is 5.34. The number of benzene rings is 1. The molecular weight excluding hydrogens is 378 g/mol. The first kappa shape index (κ1) is 18.8. The number of aryl methyl sites for hydroxylation is 1. The van der Waals surface area contributed by atoms with Gasteiger partial charge in [0, 0.05) is 17.2 Å². The predicted octanol–water partition coefficient (Wildman–Crippen LogP) is 1.63. The number of halogens is 1. The Balaban J connectivity index is 1.48. The van der Waals surface area contributed by atoms with Crippen molar-refractivity contribution in [3.05, 3.63) is 28.8 Å². The summed E-state index contributed by atoms with van der Waals surface area (Å²) in [5.74, 6) is 0.151. The first-order valence-corrected chi connectivity index (χ1v) is 9.60. The summed E-state index contributed by atoms with van der Waals surface area (Å²) in [7, 11) is 0. The van der Waals surface area contributed by atoms with Crippen LogP contribution in [0.25, 0.3) is 0 Å². The van der Waals surface area contributed by atoms with Gasteiger partial charge in [0.1, 0.15) is 11.8 Å². The number of nitrogens with zero attached hydrogens (tertiary/aromatic N) is 1. The molecule has 0 aromatic heterocycles. The lowest BCUT2D eigenvalue weighted by Gasteiger charge is -2.29. The van der Waals surface area contributed by atoms with E-state index in [-0.39, 0.29) is 17.4 Å². The van der Waals surface area contributed by atoms with Gasteiger partial charge in [-0.3, -0.25) is 25.2 Å². The van der Waals surface area contributed by atoms with E-state index in [0.717, 1.165) is 12.0 Å². The molecular formula is C17H20ClN3O4S. The molecule has 3 rings (SSSR count). The molecule has 140 valence electrons. The quantitative estimate of drug-likeness (QED) is 0.754. The van der Waals surface area contributed by atoms with Crippen LogP contribution in [-0.2, 0) is 14.4 Å². The van der Waals surface area contributed by atoms with Crippen LogP contribution in [0.15, 0.2) is 18.2 Å². The Morgan fingerprint density at radius 3 is 2.92 bits per heavy atom. The summed E-state index contributed by atoms with van der Waals surface area (Å²) in [4.78, 5) is 37.6. The zero-order chi connectivity index (χ0) is 18.9. The lowest BCUT2D eigenvalue weighted by molar-refractivity contribution is -0.139. The number of carbonyl (C=O) groups is 3. The zero-order valence-corrected chi connectivity index (χ0v) is 16.1. The number of ether oxygens (including phenoxy) is 1. The predicted molar refractivity (Wildman–Crippen MR) is 98.7 cm³/mol. The van der Waals surface area contributed by atoms with Crippen LogP contribution in [0.3, 0.4) is 0 Å². The summed E-state index contributed by atoms with van der Waals surface area (Å²) in [6, 6.07) is 4.52. The van der Waals surface area contributed by atoms with Gasteiger partial charge in [0.05, 0.1) is 4.87 Å². The SMILES string of the molecule is Cc1cc(Cl)ccc1OCC(=O)NNC(=O)[C@H]1CS[C@]2(C)CCC(=O)N12. The van der Waals surface area contributed by atoms with Crippen LogP contribution in [0.1, 0.15) is 25.3 Å². The molecule has 0 spiro atoms. The summed E-state index contributed by atoms with van der Waals surface area (Å²) in [6.07, 6.45) is 1.19. The summed E-state index contributed by atoms with van der Waals surface area (Å²) < 4.78 is 5.42. The highest BCUT2D eigenvalue weighted by Crippen LogP contribution is 2.47. The van der Waals surface area contributed by atoms with E-state index in [1.54, 1.807) is 34.9 Å². The maximum atomic E-state index is 12.4. The molecule has 2 N–H and O–H groups in total. The van der Waals surface area contributed by atoms with Gasteiger partial charge in [-0.25, -0.2) is 0 Å². The summed E-state index contributed by atoms with van der Waals surface area (Å²) >= 11 is 7.47. The third-order valence-electron chi connectivity index (χ3n) is 4.57. The van der Waals surface area contributed by atoms with Crippen LogP contribution >= 0.6 is 23.4 Å². The van der Waals surface area contributed by atoms with Crippen LogP contribution in [0.4, 0.5) is 0 Å². The molecule has 0 aliphatic carbocycles. The van der Waals surface area contributed by atoms with Crippen molar-refractivity contribution in [3.63, 3.8) is 0 Å². The number of thioether (sulfide) groups is 1. The van der Waals surface area contributed by atoms with Gasteiger partial charge < -0.3 is 9.64 Å². The maximum absolute atomic E-state index is 12.4. The minimum absolute atomic E-state index is 0.0227. The highest BCUT2D eigenvalue weighted by atomic mass is 35.5. The van der Waals surface area contributed by atoms with Crippen molar-refractivity contribution in [2.45, 2.75) is 37.6 Å². The second kappa shape index (κ2) is 7.36. The smallest absolute Gasteiger partial charge is 0.276 e. The number of fused-ring (bicyclic) bond motifs is 1. The first-order valence-electron chi connectivity index (χ1n) is 8.24. The van der Waals surface area contributed by atoms with E-state index < -0.39 is 17.9 Å². The molecule has 0 saturated carbocycles. The largest absolute Gasteiger partial charge is 0.483 e. The van der Waals surface area contributed by atoms with Gasteiger partial charge in [0.2, 0.25) is 5.91 Å². The van der Waals surface area contributed by atoms with E-state index in [1.165, 1.54) is 0 Å². The van der Waals surface area contributed by atoms with Gasteiger partial charge in [-0.15, -0.1) is 11.8 Å². The molecule has 26 heavy (non-hydrogen) atoms. The van der Waals surface area contributed by atoms with Crippen molar-refractivity contribution < 1.29 is 19.1 Å². The zero-order valence-electron chi connectivity index (χ0n) is 14.5. The molecule has 2 aliphatic rings. The van der Waals surface area contributed by atoms with Crippen molar-refractivity contribution in [3.8, 4) is 5.75 Å². The minimum atomic E-state index is -0.570. The number of hydrogen-bond donors (Lipinski definition) is 2. The van der Waals surface area contributed by atoms with Crippen molar-refractivity contribution in [2.75, 3.05) is 12.4 Å². The van der Waals surface area contributed by atoms with E-state index in [0.29, 0.717) is 22.9 Å². The number of rotatable bonds is 4. The molecule has 2 aliphatic heterocycles. The maximum Gasteiger partial charge on any atom is 0.276 e. The Labute approximate surface area is 160 Å². The fourth-order valence-electron chi connectivity index (χ4n) is 3.18. The van der Waals surface area contributed by atoms with Gasteiger partial charge in [-0.1, -0.05) is 11.6 Å². The Morgan fingerprint density at radius 1 is 1.42 bits per heavy atom. The van der Waals surface area contributed by atoms with Crippen LogP contribution in [-0.4, -0.2) is 45.9 Å². The van der Waals surface area contributed by atoms with E-state index in [2.05, 4.69) is 10.9 Å². The molecule has 9 heteroatoms. The van der Waals surface area contributed by atoms with Gasteiger partial charge in [0.15, 0.2) is 6.61 Å². The molecule has 0 bridgehead atoms. The molecule has 0 radical (unpaired) electrons. The first-order chi connectivity index (χ1) is 12.3. The average Bonchev–Trinajstić information content (AvgIpc) is 3.08. The van der Waals surface area contributed by atoms with Crippen molar-refractivity contribution in [2.24, 2.45) is 0 Å².